The molecule has 1 aliphatic heterocycles. The molecule has 98 valence electrons. The summed E-state index contributed by atoms with van der Waals surface area (Å²) < 4.78 is 0. The zero-order valence-electron chi connectivity index (χ0n) is 10.7. The number of hydrogen-bond acceptors (Lipinski definition) is 4. The highest BCUT2D eigenvalue weighted by Crippen LogP contribution is 2.24. The Hall–Kier alpha value is -1.59. The van der Waals surface area contributed by atoms with Gasteiger partial charge >= 0.3 is 0 Å². The lowest BCUT2D eigenvalue weighted by atomic mass is 10.2. The lowest BCUT2D eigenvalue weighted by Crippen LogP contribution is -2.17. The van der Waals surface area contributed by atoms with Gasteiger partial charge in [0.2, 0.25) is 0 Å². The standard InChI is InChI=1S/C14H15N3OS/c1-9-4-2-3-5-12(9)19-8-13-16-11-7-15-6-10(11)14(18)17-13/h2-5,15H,6-8H2,1H3,(H,16,17,18). The van der Waals surface area contributed by atoms with Gasteiger partial charge in [0, 0.05) is 18.0 Å². The number of benzene rings is 1. The first kappa shape index (κ1) is 12.4. The van der Waals surface area contributed by atoms with Crippen molar-refractivity contribution in [2.75, 3.05) is 0 Å². The molecule has 0 aliphatic carbocycles. The van der Waals surface area contributed by atoms with E-state index in [0.29, 0.717) is 18.8 Å². The van der Waals surface area contributed by atoms with E-state index < -0.39 is 0 Å². The van der Waals surface area contributed by atoms with Crippen molar-refractivity contribution in [1.82, 2.24) is 15.3 Å². The second-order valence-electron chi connectivity index (χ2n) is 4.60. The number of rotatable bonds is 3. The number of thioether (sulfide) groups is 1. The number of fused-ring (bicyclic) bond motifs is 1. The minimum Gasteiger partial charge on any atom is -0.310 e. The van der Waals surface area contributed by atoms with E-state index >= 15 is 0 Å². The van der Waals surface area contributed by atoms with E-state index in [1.165, 1.54) is 10.5 Å². The molecule has 1 aromatic carbocycles. The van der Waals surface area contributed by atoms with Crippen molar-refractivity contribution in [3.05, 3.63) is 57.3 Å². The fraction of sp³-hybridized carbons (Fsp3) is 0.286. The Kier molecular flexibility index (Phi) is 3.40. The molecule has 0 atom stereocenters. The Balaban J connectivity index is 1.80. The minimum atomic E-state index is -0.00427. The predicted octanol–water partition coefficient (Wildman–Crippen LogP) is 1.97. The first-order chi connectivity index (χ1) is 9.24. The van der Waals surface area contributed by atoms with Crippen LogP contribution in [0.25, 0.3) is 0 Å². The third-order valence-corrected chi connectivity index (χ3v) is 4.39. The first-order valence-electron chi connectivity index (χ1n) is 6.24. The zero-order chi connectivity index (χ0) is 13.2. The van der Waals surface area contributed by atoms with Crippen LogP contribution < -0.4 is 10.9 Å². The normalized spacial score (nSPS) is 13.5. The van der Waals surface area contributed by atoms with Crippen LogP contribution >= 0.6 is 11.8 Å². The van der Waals surface area contributed by atoms with Gasteiger partial charge in [0.15, 0.2) is 0 Å². The summed E-state index contributed by atoms with van der Waals surface area (Å²) in [7, 11) is 0. The van der Waals surface area contributed by atoms with Crippen LogP contribution in [0, 0.1) is 6.92 Å². The van der Waals surface area contributed by atoms with Crippen LogP contribution in [0.1, 0.15) is 22.6 Å². The van der Waals surface area contributed by atoms with Crippen LogP contribution in [0.3, 0.4) is 0 Å². The lowest BCUT2D eigenvalue weighted by Gasteiger charge is -2.06. The zero-order valence-corrected chi connectivity index (χ0v) is 11.5. The van der Waals surface area contributed by atoms with Crippen molar-refractivity contribution < 1.29 is 0 Å². The molecule has 2 N–H and O–H groups in total. The quantitative estimate of drug-likeness (QED) is 0.840. The van der Waals surface area contributed by atoms with Crippen LogP contribution in [0.2, 0.25) is 0 Å². The van der Waals surface area contributed by atoms with Gasteiger partial charge in [-0.3, -0.25) is 4.79 Å². The molecule has 19 heavy (non-hydrogen) atoms. The molecule has 0 unspecified atom stereocenters. The summed E-state index contributed by atoms with van der Waals surface area (Å²) in [5.74, 6) is 1.44. The van der Waals surface area contributed by atoms with Gasteiger partial charge in [-0.2, -0.15) is 0 Å². The molecule has 5 heteroatoms. The summed E-state index contributed by atoms with van der Waals surface area (Å²) >= 11 is 1.70. The Bertz CT molecular complexity index is 666. The molecule has 0 spiro atoms. The van der Waals surface area contributed by atoms with Gasteiger partial charge in [0.05, 0.1) is 17.0 Å². The molecule has 0 radical (unpaired) electrons. The smallest absolute Gasteiger partial charge is 0.255 e. The van der Waals surface area contributed by atoms with Crippen LogP contribution in [-0.2, 0) is 18.8 Å². The van der Waals surface area contributed by atoms with E-state index in [0.717, 1.165) is 17.1 Å². The van der Waals surface area contributed by atoms with Crippen LogP contribution in [0.5, 0.6) is 0 Å². The molecule has 0 fully saturated rings. The van der Waals surface area contributed by atoms with Crippen molar-refractivity contribution in [2.24, 2.45) is 0 Å². The van der Waals surface area contributed by atoms with Crippen molar-refractivity contribution in [1.29, 1.82) is 0 Å². The van der Waals surface area contributed by atoms with E-state index in [4.69, 9.17) is 0 Å². The molecule has 0 saturated carbocycles. The van der Waals surface area contributed by atoms with Gasteiger partial charge < -0.3 is 10.3 Å². The number of aromatic amines is 1. The molecular formula is C14H15N3OS. The van der Waals surface area contributed by atoms with Gasteiger partial charge in [-0.05, 0) is 18.6 Å². The van der Waals surface area contributed by atoms with E-state index in [1.807, 2.05) is 12.1 Å². The van der Waals surface area contributed by atoms with Gasteiger partial charge in [0.1, 0.15) is 5.82 Å². The molecule has 0 amide bonds. The number of nitrogens with zero attached hydrogens (tertiary/aromatic N) is 1. The highest BCUT2D eigenvalue weighted by Gasteiger charge is 2.16. The van der Waals surface area contributed by atoms with E-state index in [2.05, 4.69) is 34.3 Å². The number of aryl methyl sites for hydroxylation is 1. The van der Waals surface area contributed by atoms with Gasteiger partial charge in [-0.1, -0.05) is 18.2 Å². The molecule has 1 aliphatic rings. The van der Waals surface area contributed by atoms with E-state index in [1.54, 1.807) is 11.8 Å². The van der Waals surface area contributed by atoms with E-state index in [-0.39, 0.29) is 5.56 Å². The minimum absolute atomic E-state index is 0.00427. The molecule has 0 saturated heterocycles. The van der Waals surface area contributed by atoms with Crippen molar-refractivity contribution in [3.8, 4) is 0 Å². The molecular weight excluding hydrogens is 258 g/mol. The first-order valence-corrected chi connectivity index (χ1v) is 7.22. The predicted molar refractivity (Wildman–Crippen MR) is 76.1 cm³/mol. The van der Waals surface area contributed by atoms with Gasteiger partial charge in [-0.15, -0.1) is 11.8 Å². The topological polar surface area (TPSA) is 57.8 Å². The Morgan fingerprint density at radius 2 is 2.16 bits per heavy atom. The largest absolute Gasteiger partial charge is 0.310 e. The fourth-order valence-corrected chi connectivity index (χ4v) is 3.06. The maximum Gasteiger partial charge on any atom is 0.255 e. The molecule has 3 rings (SSSR count). The molecule has 2 heterocycles. The average molecular weight is 273 g/mol. The maximum absolute atomic E-state index is 11.9. The monoisotopic (exact) mass is 273 g/mol. The van der Waals surface area contributed by atoms with Crippen molar-refractivity contribution in [3.63, 3.8) is 0 Å². The summed E-state index contributed by atoms with van der Waals surface area (Å²) in [6, 6.07) is 8.23. The molecule has 2 aromatic rings. The highest BCUT2D eigenvalue weighted by atomic mass is 32.2. The summed E-state index contributed by atoms with van der Waals surface area (Å²) in [5, 5.41) is 3.15. The Morgan fingerprint density at radius 1 is 1.32 bits per heavy atom. The van der Waals surface area contributed by atoms with Gasteiger partial charge in [-0.25, -0.2) is 4.98 Å². The number of hydrogen-bond donors (Lipinski definition) is 2. The fourth-order valence-electron chi connectivity index (χ4n) is 2.16. The SMILES string of the molecule is Cc1ccccc1SCc1nc2c(c(=O)[nH]1)CNC2. The number of H-pyrrole nitrogens is 1. The van der Waals surface area contributed by atoms with Crippen molar-refractivity contribution >= 4 is 11.8 Å². The Morgan fingerprint density at radius 3 is 3.00 bits per heavy atom. The van der Waals surface area contributed by atoms with Crippen LogP contribution in [0.15, 0.2) is 34.0 Å². The molecule has 1 aromatic heterocycles. The number of nitrogens with one attached hydrogen (secondary N) is 2. The highest BCUT2D eigenvalue weighted by molar-refractivity contribution is 7.98. The lowest BCUT2D eigenvalue weighted by molar-refractivity contribution is 0.756. The molecule has 0 bridgehead atoms. The summed E-state index contributed by atoms with van der Waals surface area (Å²) in [5.41, 5.74) is 2.92. The second-order valence-corrected chi connectivity index (χ2v) is 5.61. The summed E-state index contributed by atoms with van der Waals surface area (Å²) in [6.45, 7) is 3.41. The molecule has 4 nitrogen and oxygen atoms in total. The maximum atomic E-state index is 11.9. The summed E-state index contributed by atoms with van der Waals surface area (Å²) in [6.07, 6.45) is 0. The average Bonchev–Trinajstić information content (AvgIpc) is 2.87. The third kappa shape index (κ3) is 2.57. The van der Waals surface area contributed by atoms with E-state index in [9.17, 15) is 4.79 Å². The van der Waals surface area contributed by atoms with Crippen LogP contribution in [-0.4, -0.2) is 9.97 Å². The van der Waals surface area contributed by atoms with Crippen LogP contribution in [0.4, 0.5) is 0 Å². The number of aromatic nitrogens is 2. The summed E-state index contributed by atoms with van der Waals surface area (Å²) in [4.78, 5) is 20.5. The second kappa shape index (κ2) is 5.19. The Labute approximate surface area is 115 Å². The van der Waals surface area contributed by atoms with Gasteiger partial charge in [0.25, 0.3) is 5.56 Å². The third-order valence-electron chi connectivity index (χ3n) is 3.20. The van der Waals surface area contributed by atoms with Crippen molar-refractivity contribution in [2.45, 2.75) is 30.7 Å².